The van der Waals surface area contributed by atoms with Gasteiger partial charge in [-0.2, -0.15) is 0 Å². The van der Waals surface area contributed by atoms with E-state index in [4.69, 9.17) is 34.8 Å². The summed E-state index contributed by atoms with van der Waals surface area (Å²) in [6, 6.07) is 18.7. The fraction of sp³-hybridized carbons (Fsp3) is 0.148. The number of benzene rings is 3. The van der Waals surface area contributed by atoms with E-state index in [-0.39, 0.29) is 27.3 Å². The molecule has 0 atom stereocenters. The summed E-state index contributed by atoms with van der Waals surface area (Å²) >= 11 is 18.4. The highest BCUT2D eigenvalue weighted by Crippen LogP contribution is 2.35. The molecule has 9 heteroatoms. The summed E-state index contributed by atoms with van der Waals surface area (Å²) in [5, 5.41) is 5.96. The third-order valence-electron chi connectivity index (χ3n) is 5.62. The second kappa shape index (κ2) is 11.2. The van der Waals surface area contributed by atoms with Crippen molar-refractivity contribution in [3.8, 4) is 0 Å². The highest BCUT2D eigenvalue weighted by molar-refractivity contribution is 6.54. The van der Waals surface area contributed by atoms with Crippen molar-refractivity contribution in [3.05, 3.63) is 98.6 Å². The van der Waals surface area contributed by atoms with Crippen LogP contribution in [0.4, 0.5) is 17.1 Å². The van der Waals surface area contributed by atoms with Gasteiger partial charge in [0.1, 0.15) is 10.7 Å². The number of rotatable bonds is 8. The van der Waals surface area contributed by atoms with Crippen LogP contribution in [0.25, 0.3) is 0 Å². The minimum Gasteiger partial charge on any atom is -0.350 e. The second-order valence-electron chi connectivity index (χ2n) is 8.19. The molecule has 0 bridgehead atoms. The average molecular weight is 543 g/mol. The van der Waals surface area contributed by atoms with Crippen molar-refractivity contribution in [3.63, 3.8) is 0 Å². The Morgan fingerprint density at radius 3 is 2.19 bits per heavy atom. The van der Waals surface area contributed by atoms with Crippen molar-refractivity contribution in [2.45, 2.75) is 26.2 Å². The molecule has 6 nitrogen and oxygen atoms in total. The molecule has 2 N–H and O–H groups in total. The van der Waals surface area contributed by atoms with E-state index in [1.165, 1.54) is 17.7 Å². The van der Waals surface area contributed by atoms with Crippen molar-refractivity contribution >= 4 is 69.6 Å². The van der Waals surface area contributed by atoms with Crippen molar-refractivity contribution in [1.82, 2.24) is 0 Å². The average Bonchev–Trinajstić information content (AvgIpc) is 3.08. The Balaban J connectivity index is 1.44. The first-order valence-corrected chi connectivity index (χ1v) is 12.4. The smallest absolute Gasteiger partial charge is 0.283 e. The normalized spacial score (nSPS) is 13.4. The molecule has 0 fully saturated rings. The van der Waals surface area contributed by atoms with Crippen molar-refractivity contribution in [1.29, 1.82) is 0 Å². The SMILES string of the molecule is CCCCc1ccc(NC(=O)c2ccc(NC3=C(Cl)C(=O)N(c4cc(Cl)ccc4Cl)C3=O)cc2)cc1. The Morgan fingerprint density at radius 2 is 1.53 bits per heavy atom. The van der Waals surface area contributed by atoms with Crippen molar-refractivity contribution in [2.24, 2.45) is 0 Å². The topological polar surface area (TPSA) is 78.5 Å². The molecule has 0 radical (unpaired) electrons. The molecule has 3 aromatic carbocycles. The number of unbranched alkanes of at least 4 members (excludes halogenated alkanes) is 1. The minimum absolute atomic E-state index is 0.0990. The van der Waals surface area contributed by atoms with Gasteiger partial charge in [0, 0.05) is 22.0 Å². The number of nitrogens with one attached hydrogen (secondary N) is 2. The number of imide groups is 1. The molecule has 0 unspecified atom stereocenters. The zero-order valence-corrected chi connectivity index (χ0v) is 21.5. The van der Waals surface area contributed by atoms with Gasteiger partial charge in [-0.25, -0.2) is 4.90 Å². The summed E-state index contributed by atoms with van der Waals surface area (Å²) in [6.07, 6.45) is 3.27. The second-order valence-corrected chi connectivity index (χ2v) is 9.41. The molecule has 0 saturated carbocycles. The lowest BCUT2D eigenvalue weighted by atomic mass is 10.1. The van der Waals surface area contributed by atoms with Gasteiger partial charge in [-0.1, -0.05) is 60.3 Å². The summed E-state index contributed by atoms with van der Waals surface area (Å²) < 4.78 is 0. The van der Waals surface area contributed by atoms with E-state index in [1.807, 2.05) is 24.3 Å². The van der Waals surface area contributed by atoms with Crippen molar-refractivity contribution < 1.29 is 14.4 Å². The van der Waals surface area contributed by atoms with Crippen LogP contribution in [0, 0.1) is 0 Å². The van der Waals surface area contributed by atoms with Gasteiger partial charge < -0.3 is 10.6 Å². The highest BCUT2D eigenvalue weighted by Gasteiger charge is 2.40. The number of carbonyl (C=O) groups excluding carboxylic acids is 3. The van der Waals surface area contributed by atoms with E-state index in [9.17, 15) is 14.4 Å². The van der Waals surface area contributed by atoms with Crippen LogP contribution in [0.5, 0.6) is 0 Å². The summed E-state index contributed by atoms with van der Waals surface area (Å²) in [7, 11) is 0. The first-order valence-electron chi connectivity index (χ1n) is 11.3. The number of hydrogen-bond acceptors (Lipinski definition) is 4. The Hall–Kier alpha value is -3.32. The third kappa shape index (κ3) is 5.57. The first kappa shape index (κ1) is 25.8. The van der Waals surface area contributed by atoms with Gasteiger partial charge in [-0.3, -0.25) is 14.4 Å². The van der Waals surface area contributed by atoms with Gasteiger partial charge in [0.2, 0.25) is 0 Å². The largest absolute Gasteiger partial charge is 0.350 e. The monoisotopic (exact) mass is 541 g/mol. The van der Waals surface area contributed by atoms with Crippen LogP contribution < -0.4 is 15.5 Å². The van der Waals surface area contributed by atoms with Crippen LogP contribution >= 0.6 is 34.8 Å². The molecular formula is C27H22Cl3N3O3. The lowest BCUT2D eigenvalue weighted by molar-refractivity contribution is -0.120. The molecule has 1 aliphatic rings. The molecule has 0 aromatic heterocycles. The molecule has 36 heavy (non-hydrogen) atoms. The number of nitrogens with zero attached hydrogens (tertiary/aromatic N) is 1. The molecule has 3 aromatic rings. The predicted molar refractivity (Wildman–Crippen MR) is 145 cm³/mol. The molecular weight excluding hydrogens is 521 g/mol. The Kier molecular flexibility index (Phi) is 7.99. The minimum atomic E-state index is -0.718. The Labute approximate surface area is 223 Å². The summed E-state index contributed by atoms with van der Waals surface area (Å²) in [5.41, 5.74) is 2.87. The van der Waals surface area contributed by atoms with E-state index in [2.05, 4.69) is 17.6 Å². The van der Waals surface area contributed by atoms with E-state index < -0.39 is 11.8 Å². The van der Waals surface area contributed by atoms with Crippen LogP contribution in [0.3, 0.4) is 0 Å². The lowest BCUT2D eigenvalue weighted by Crippen LogP contribution is -2.32. The van der Waals surface area contributed by atoms with Crippen LogP contribution in [0.2, 0.25) is 10.0 Å². The molecule has 0 spiro atoms. The summed E-state index contributed by atoms with van der Waals surface area (Å²) in [5.74, 6) is -1.66. The number of aryl methyl sites for hydroxylation is 1. The molecule has 1 heterocycles. The number of carbonyl (C=O) groups is 3. The number of hydrogen-bond donors (Lipinski definition) is 2. The number of amides is 3. The van der Waals surface area contributed by atoms with E-state index in [0.717, 1.165) is 24.2 Å². The maximum Gasteiger partial charge on any atom is 0.283 e. The zero-order valence-electron chi connectivity index (χ0n) is 19.3. The predicted octanol–water partition coefficient (Wildman–Crippen LogP) is 7.02. The lowest BCUT2D eigenvalue weighted by Gasteiger charge is -2.17. The van der Waals surface area contributed by atoms with E-state index in [1.54, 1.807) is 30.3 Å². The Bertz CT molecular complexity index is 1350. The van der Waals surface area contributed by atoms with Gasteiger partial charge in [0.15, 0.2) is 0 Å². The number of anilines is 3. The van der Waals surface area contributed by atoms with E-state index >= 15 is 0 Å². The van der Waals surface area contributed by atoms with Gasteiger partial charge in [-0.15, -0.1) is 0 Å². The summed E-state index contributed by atoms with van der Waals surface area (Å²) in [6.45, 7) is 2.15. The molecule has 1 aliphatic heterocycles. The highest BCUT2D eigenvalue weighted by atomic mass is 35.5. The first-order chi connectivity index (χ1) is 17.3. The quantitative estimate of drug-likeness (QED) is 0.300. The fourth-order valence-electron chi connectivity index (χ4n) is 3.68. The molecule has 3 amide bonds. The van der Waals surface area contributed by atoms with Crippen molar-refractivity contribution in [2.75, 3.05) is 15.5 Å². The Morgan fingerprint density at radius 1 is 0.861 bits per heavy atom. The number of halogens is 3. The third-order valence-corrected chi connectivity index (χ3v) is 6.53. The maximum atomic E-state index is 13.0. The molecule has 0 aliphatic carbocycles. The van der Waals surface area contributed by atoms with E-state index in [0.29, 0.717) is 22.0 Å². The van der Waals surface area contributed by atoms with Crippen LogP contribution in [-0.2, 0) is 16.0 Å². The van der Waals surface area contributed by atoms with Gasteiger partial charge in [0.25, 0.3) is 17.7 Å². The van der Waals surface area contributed by atoms with Crippen LogP contribution in [0.1, 0.15) is 35.7 Å². The van der Waals surface area contributed by atoms with Gasteiger partial charge in [0.05, 0.1) is 10.7 Å². The fourth-order valence-corrected chi connectivity index (χ4v) is 4.26. The molecule has 184 valence electrons. The maximum absolute atomic E-state index is 13.0. The van der Waals surface area contributed by atoms with Gasteiger partial charge in [-0.05, 0) is 73.0 Å². The zero-order chi connectivity index (χ0) is 25.8. The standard InChI is InChI=1S/C27H22Cl3N3O3/c1-2-3-4-16-5-10-20(11-6-16)32-25(34)17-7-12-19(13-8-17)31-24-23(30)26(35)33(27(24)36)22-15-18(28)9-14-21(22)29/h5-15,31H,2-4H2,1H3,(H,32,34). The molecule has 4 rings (SSSR count). The van der Waals surface area contributed by atoms with Gasteiger partial charge >= 0.3 is 0 Å². The van der Waals surface area contributed by atoms with Crippen LogP contribution in [-0.4, -0.2) is 17.7 Å². The summed E-state index contributed by atoms with van der Waals surface area (Å²) in [4.78, 5) is 39.2. The molecule has 0 saturated heterocycles. The van der Waals surface area contributed by atoms with Crippen LogP contribution in [0.15, 0.2) is 77.5 Å².